The van der Waals surface area contributed by atoms with Gasteiger partial charge < -0.3 is 9.84 Å². The second-order valence-electron chi connectivity index (χ2n) is 6.34. The molecule has 0 radical (unpaired) electrons. The first-order valence-corrected chi connectivity index (χ1v) is 7.18. The van der Waals surface area contributed by atoms with Crippen LogP contribution in [0.5, 0.6) is 0 Å². The third-order valence-corrected chi connectivity index (χ3v) is 3.39. The molecule has 2 atom stereocenters. The van der Waals surface area contributed by atoms with Crippen LogP contribution in [0.1, 0.15) is 39.4 Å². The molecule has 0 aliphatic heterocycles. The number of carbonyl (C=O) groups excluding carboxylic acids is 1. The predicted octanol–water partition coefficient (Wildman–Crippen LogP) is 3.85. The smallest absolute Gasteiger partial charge is 0.312 e. The Bertz CT molecular complexity index is 635. The molecule has 2 unspecified atom stereocenters. The average Bonchev–Trinajstić information content (AvgIpc) is 2.43. The minimum atomic E-state index is -0.883. The summed E-state index contributed by atoms with van der Waals surface area (Å²) >= 11 is 0. The molecule has 0 spiro atoms. The molecule has 2 rings (SSSR count). The van der Waals surface area contributed by atoms with Crippen molar-refractivity contribution in [2.75, 3.05) is 0 Å². The molecule has 0 aliphatic carbocycles. The minimum absolute atomic E-state index is 0.386. The van der Waals surface area contributed by atoms with Gasteiger partial charge in [-0.1, -0.05) is 42.5 Å². The van der Waals surface area contributed by atoms with E-state index in [-0.39, 0.29) is 5.97 Å². The summed E-state index contributed by atoms with van der Waals surface area (Å²) < 4.78 is 5.36. The van der Waals surface area contributed by atoms with Gasteiger partial charge in [-0.3, -0.25) is 4.79 Å². The molecule has 0 heterocycles. The van der Waals surface area contributed by atoms with Gasteiger partial charge >= 0.3 is 5.97 Å². The van der Waals surface area contributed by atoms with Crippen LogP contribution >= 0.6 is 0 Å². The van der Waals surface area contributed by atoms with E-state index in [1.807, 2.05) is 63.2 Å². The van der Waals surface area contributed by atoms with Crippen LogP contribution in [-0.4, -0.2) is 16.7 Å². The van der Waals surface area contributed by atoms with Gasteiger partial charge in [0.1, 0.15) is 5.60 Å². The molecule has 3 nitrogen and oxygen atoms in total. The lowest BCUT2D eigenvalue weighted by Gasteiger charge is -2.25. The molecule has 0 saturated carbocycles. The number of benzene rings is 2. The van der Waals surface area contributed by atoms with Crippen molar-refractivity contribution in [1.82, 2.24) is 0 Å². The van der Waals surface area contributed by atoms with Gasteiger partial charge in [-0.15, -0.1) is 0 Å². The topological polar surface area (TPSA) is 46.5 Å². The van der Waals surface area contributed by atoms with Gasteiger partial charge in [0.05, 0.1) is 12.0 Å². The number of esters is 1. The zero-order chi connectivity index (χ0) is 15.6. The summed E-state index contributed by atoms with van der Waals surface area (Å²) in [5.41, 5.74) is 0.204. The van der Waals surface area contributed by atoms with Gasteiger partial charge in [0.15, 0.2) is 0 Å². The average molecular weight is 286 g/mol. The van der Waals surface area contributed by atoms with Gasteiger partial charge in [-0.05, 0) is 44.0 Å². The van der Waals surface area contributed by atoms with Crippen LogP contribution in [0, 0.1) is 5.92 Å². The van der Waals surface area contributed by atoms with E-state index in [4.69, 9.17) is 4.74 Å². The quantitative estimate of drug-likeness (QED) is 0.872. The number of rotatable bonds is 3. The van der Waals surface area contributed by atoms with E-state index in [0.29, 0.717) is 0 Å². The summed E-state index contributed by atoms with van der Waals surface area (Å²) in [5, 5.41) is 12.6. The van der Waals surface area contributed by atoms with Crippen molar-refractivity contribution in [3.8, 4) is 0 Å². The zero-order valence-electron chi connectivity index (χ0n) is 13.0. The molecular formula is C18H22O3. The van der Waals surface area contributed by atoms with Crippen molar-refractivity contribution in [1.29, 1.82) is 0 Å². The van der Waals surface area contributed by atoms with Crippen LogP contribution in [0.3, 0.4) is 0 Å². The highest BCUT2D eigenvalue weighted by Gasteiger charge is 2.29. The van der Waals surface area contributed by atoms with Crippen LogP contribution < -0.4 is 0 Å². The van der Waals surface area contributed by atoms with Gasteiger partial charge in [-0.2, -0.15) is 0 Å². The zero-order valence-corrected chi connectivity index (χ0v) is 13.0. The standard InChI is InChI=1S/C18H22O3/c1-12(17(20)21-18(2,3)4)16(19)15-11-7-9-13-8-5-6-10-14(13)15/h5-12,16,19H,1-4H3. The van der Waals surface area contributed by atoms with Crippen molar-refractivity contribution in [2.24, 2.45) is 5.92 Å². The van der Waals surface area contributed by atoms with Crippen LogP contribution in [-0.2, 0) is 9.53 Å². The highest BCUT2D eigenvalue weighted by molar-refractivity contribution is 5.86. The summed E-state index contributed by atoms with van der Waals surface area (Å²) in [4.78, 5) is 12.1. The van der Waals surface area contributed by atoms with Crippen molar-refractivity contribution >= 4 is 16.7 Å². The van der Waals surface area contributed by atoms with E-state index >= 15 is 0 Å². The summed E-state index contributed by atoms with van der Waals surface area (Å²) in [6.07, 6.45) is -0.883. The maximum absolute atomic E-state index is 12.1. The molecule has 112 valence electrons. The lowest BCUT2D eigenvalue weighted by molar-refractivity contribution is -0.163. The van der Waals surface area contributed by atoms with Crippen LogP contribution in [0.2, 0.25) is 0 Å². The molecular weight excluding hydrogens is 264 g/mol. The molecule has 0 saturated heterocycles. The number of hydrogen-bond acceptors (Lipinski definition) is 3. The molecule has 0 fully saturated rings. The first-order valence-electron chi connectivity index (χ1n) is 7.18. The molecule has 2 aromatic carbocycles. The highest BCUT2D eigenvalue weighted by Crippen LogP contribution is 2.30. The van der Waals surface area contributed by atoms with E-state index in [0.717, 1.165) is 16.3 Å². The van der Waals surface area contributed by atoms with Crippen molar-refractivity contribution in [2.45, 2.75) is 39.4 Å². The Morgan fingerprint density at radius 3 is 2.38 bits per heavy atom. The van der Waals surface area contributed by atoms with Crippen LogP contribution in [0.25, 0.3) is 10.8 Å². The molecule has 1 N–H and O–H groups in total. The SMILES string of the molecule is CC(C(=O)OC(C)(C)C)C(O)c1cccc2ccccc12. The maximum Gasteiger partial charge on any atom is 0.312 e. The Labute approximate surface area is 125 Å². The second-order valence-corrected chi connectivity index (χ2v) is 6.34. The van der Waals surface area contributed by atoms with Crippen LogP contribution in [0.4, 0.5) is 0 Å². The summed E-state index contributed by atoms with van der Waals surface area (Å²) in [5.74, 6) is -1.00. The number of hydrogen-bond donors (Lipinski definition) is 1. The van der Waals surface area contributed by atoms with Crippen molar-refractivity contribution < 1.29 is 14.6 Å². The fourth-order valence-corrected chi connectivity index (χ4v) is 2.30. The van der Waals surface area contributed by atoms with Crippen molar-refractivity contribution in [3.05, 3.63) is 48.0 Å². The van der Waals surface area contributed by atoms with E-state index in [1.165, 1.54) is 0 Å². The van der Waals surface area contributed by atoms with E-state index < -0.39 is 17.6 Å². The summed E-state index contributed by atoms with van der Waals surface area (Å²) in [7, 11) is 0. The number of fused-ring (bicyclic) bond motifs is 1. The molecule has 0 aliphatic rings. The third-order valence-electron chi connectivity index (χ3n) is 3.39. The van der Waals surface area contributed by atoms with E-state index in [1.54, 1.807) is 6.92 Å². The lowest BCUT2D eigenvalue weighted by atomic mass is 9.93. The van der Waals surface area contributed by atoms with Gasteiger partial charge in [-0.25, -0.2) is 0 Å². The maximum atomic E-state index is 12.1. The number of ether oxygens (including phenoxy) is 1. The highest BCUT2D eigenvalue weighted by atomic mass is 16.6. The monoisotopic (exact) mass is 286 g/mol. The Hall–Kier alpha value is -1.87. The second kappa shape index (κ2) is 5.86. The largest absolute Gasteiger partial charge is 0.460 e. The first-order chi connectivity index (χ1) is 9.79. The van der Waals surface area contributed by atoms with E-state index in [2.05, 4.69) is 0 Å². The number of carbonyl (C=O) groups is 1. The summed E-state index contributed by atoms with van der Waals surface area (Å²) in [6.45, 7) is 7.16. The van der Waals surface area contributed by atoms with Gasteiger partial charge in [0, 0.05) is 0 Å². The molecule has 3 heteroatoms. The molecule has 21 heavy (non-hydrogen) atoms. The Morgan fingerprint density at radius 2 is 1.71 bits per heavy atom. The van der Waals surface area contributed by atoms with Crippen molar-refractivity contribution in [3.63, 3.8) is 0 Å². The summed E-state index contributed by atoms with van der Waals surface area (Å²) in [6, 6.07) is 13.6. The molecule has 0 aromatic heterocycles. The van der Waals surface area contributed by atoms with Gasteiger partial charge in [0.25, 0.3) is 0 Å². The third kappa shape index (κ3) is 3.61. The van der Waals surface area contributed by atoms with E-state index in [9.17, 15) is 9.90 Å². The molecule has 0 bridgehead atoms. The Kier molecular flexibility index (Phi) is 4.33. The lowest BCUT2D eigenvalue weighted by Crippen LogP contribution is -2.30. The Morgan fingerprint density at radius 1 is 1.10 bits per heavy atom. The molecule has 2 aromatic rings. The fourth-order valence-electron chi connectivity index (χ4n) is 2.30. The molecule has 0 amide bonds. The van der Waals surface area contributed by atoms with Gasteiger partial charge in [0.2, 0.25) is 0 Å². The normalized spacial score (nSPS) is 14.7. The predicted molar refractivity (Wildman–Crippen MR) is 83.9 cm³/mol. The van der Waals surface area contributed by atoms with Crippen LogP contribution in [0.15, 0.2) is 42.5 Å². The Balaban J connectivity index is 2.30. The number of aliphatic hydroxyl groups is 1. The first kappa shape index (κ1) is 15.5. The number of aliphatic hydroxyl groups excluding tert-OH is 1. The minimum Gasteiger partial charge on any atom is -0.460 e. The fraction of sp³-hybridized carbons (Fsp3) is 0.389.